The fourth-order valence-corrected chi connectivity index (χ4v) is 1.75. The van der Waals surface area contributed by atoms with E-state index in [4.69, 9.17) is 0 Å². The van der Waals surface area contributed by atoms with Crippen LogP contribution < -0.4 is 10.6 Å². The normalized spacial score (nSPS) is 10.1. The summed E-state index contributed by atoms with van der Waals surface area (Å²) in [6.07, 6.45) is 0. The summed E-state index contributed by atoms with van der Waals surface area (Å²) < 4.78 is 27.2. The molecule has 0 bridgehead atoms. The number of carbonyl (C=O) groups excluding carboxylic acids is 2. The fraction of sp³-hybridized carbons (Fsp3) is 0.333. The van der Waals surface area contributed by atoms with Crippen molar-refractivity contribution in [2.75, 3.05) is 27.2 Å². The van der Waals surface area contributed by atoms with Gasteiger partial charge in [-0.15, -0.1) is 0 Å². The highest BCUT2D eigenvalue weighted by Crippen LogP contribution is 2.19. The Kier molecular flexibility index (Phi) is 5.87. The first kappa shape index (κ1) is 16.4. The Balaban J connectivity index is 2.54. The van der Waals surface area contributed by atoms with Gasteiger partial charge < -0.3 is 15.5 Å². The molecule has 8 heteroatoms. The number of urea groups is 1. The van der Waals surface area contributed by atoms with Crippen LogP contribution in [0.5, 0.6) is 0 Å². The molecule has 0 aliphatic rings. The van der Waals surface area contributed by atoms with Crippen molar-refractivity contribution in [2.45, 2.75) is 0 Å². The van der Waals surface area contributed by atoms with Crippen molar-refractivity contribution >= 4 is 27.9 Å². The summed E-state index contributed by atoms with van der Waals surface area (Å²) in [5, 5.41) is 4.83. The summed E-state index contributed by atoms with van der Waals surface area (Å²) in [7, 11) is 3.14. The summed E-state index contributed by atoms with van der Waals surface area (Å²) in [6, 6.07) is 1.69. The molecule has 0 radical (unpaired) electrons. The number of nitrogens with one attached hydrogen (secondary N) is 2. The summed E-state index contributed by atoms with van der Waals surface area (Å²) in [4.78, 5) is 24.2. The second-order valence-corrected chi connectivity index (χ2v) is 5.04. The molecule has 0 saturated heterocycles. The third kappa shape index (κ3) is 4.44. The molecule has 0 atom stereocenters. The molecule has 2 N–H and O–H groups in total. The van der Waals surface area contributed by atoms with Crippen LogP contribution in [0.15, 0.2) is 16.6 Å². The average Bonchev–Trinajstić information content (AvgIpc) is 2.32. The molecule has 0 aliphatic heterocycles. The van der Waals surface area contributed by atoms with E-state index in [0.29, 0.717) is 0 Å². The van der Waals surface area contributed by atoms with E-state index in [1.807, 2.05) is 0 Å². The van der Waals surface area contributed by atoms with E-state index in [-0.39, 0.29) is 23.6 Å². The van der Waals surface area contributed by atoms with Gasteiger partial charge in [0, 0.05) is 31.7 Å². The number of benzene rings is 1. The molecule has 5 nitrogen and oxygen atoms in total. The molecule has 1 aromatic carbocycles. The van der Waals surface area contributed by atoms with E-state index < -0.39 is 23.1 Å². The predicted octanol–water partition coefficient (Wildman–Crippen LogP) is 1.73. The minimum atomic E-state index is -0.952. The van der Waals surface area contributed by atoms with Gasteiger partial charge in [-0.05, 0) is 12.1 Å². The molecule has 0 aromatic heterocycles. The Morgan fingerprint density at radius 3 is 2.15 bits per heavy atom. The molecule has 1 aromatic rings. The number of amides is 3. The highest BCUT2D eigenvalue weighted by molar-refractivity contribution is 9.10. The van der Waals surface area contributed by atoms with Crippen LogP contribution in [0.25, 0.3) is 0 Å². The highest BCUT2D eigenvalue weighted by Gasteiger charge is 2.17. The SMILES string of the molecule is CN(C)C(=O)NCCNC(=O)c1c(F)cc(Br)cc1F. The summed E-state index contributed by atoms with van der Waals surface area (Å²) in [5.74, 6) is -2.77. The Morgan fingerprint density at radius 1 is 1.15 bits per heavy atom. The van der Waals surface area contributed by atoms with Crippen LogP contribution in [0.3, 0.4) is 0 Å². The van der Waals surface area contributed by atoms with Crippen molar-refractivity contribution in [2.24, 2.45) is 0 Å². The standard InChI is InChI=1S/C12H14BrF2N3O2/c1-18(2)12(20)17-4-3-16-11(19)10-8(14)5-7(13)6-9(10)15/h5-6H,3-4H2,1-2H3,(H,16,19)(H,17,20). The fourth-order valence-electron chi connectivity index (χ4n) is 1.35. The first-order valence-corrected chi connectivity index (χ1v) is 6.50. The zero-order valence-electron chi connectivity index (χ0n) is 11.0. The van der Waals surface area contributed by atoms with Crippen molar-refractivity contribution in [3.05, 3.63) is 33.8 Å². The lowest BCUT2D eigenvalue weighted by atomic mass is 10.2. The monoisotopic (exact) mass is 349 g/mol. The molecule has 0 heterocycles. The van der Waals surface area contributed by atoms with Crippen molar-refractivity contribution < 1.29 is 18.4 Å². The second-order valence-electron chi connectivity index (χ2n) is 4.13. The quantitative estimate of drug-likeness (QED) is 0.813. The third-order valence-electron chi connectivity index (χ3n) is 2.33. The summed E-state index contributed by atoms with van der Waals surface area (Å²) >= 11 is 2.93. The van der Waals surface area contributed by atoms with Gasteiger partial charge in [0.1, 0.15) is 17.2 Å². The lowest BCUT2D eigenvalue weighted by Crippen LogP contribution is -2.39. The van der Waals surface area contributed by atoms with Gasteiger partial charge in [0.2, 0.25) is 0 Å². The van der Waals surface area contributed by atoms with Crippen LogP contribution in [0.4, 0.5) is 13.6 Å². The molecule has 110 valence electrons. The van der Waals surface area contributed by atoms with Crippen LogP contribution in [-0.2, 0) is 0 Å². The van der Waals surface area contributed by atoms with Crippen LogP contribution in [0.1, 0.15) is 10.4 Å². The smallest absolute Gasteiger partial charge is 0.316 e. The number of rotatable bonds is 4. The maximum absolute atomic E-state index is 13.5. The third-order valence-corrected chi connectivity index (χ3v) is 2.78. The molecule has 1 rings (SSSR count). The first-order chi connectivity index (χ1) is 9.32. The largest absolute Gasteiger partial charge is 0.350 e. The number of hydrogen-bond acceptors (Lipinski definition) is 2. The van der Waals surface area contributed by atoms with Crippen LogP contribution in [0.2, 0.25) is 0 Å². The molecule has 0 saturated carbocycles. The molecule has 3 amide bonds. The lowest BCUT2D eigenvalue weighted by molar-refractivity contribution is 0.0945. The van der Waals surface area contributed by atoms with E-state index in [2.05, 4.69) is 26.6 Å². The van der Waals surface area contributed by atoms with Crippen molar-refractivity contribution in [3.8, 4) is 0 Å². The van der Waals surface area contributed by atoms with E-state index in [9.17, 15) is 18.4 Å². The molecule has 0 spiro atoms. The molecule has 0 unspecified atom stereocenters. The molecular weight excluding hydrogens is 336 g/mol. The summed E-state index contributed by atoms with van der Waals surface area (Å²) in [6.45, 7) is 0.218. The van der Waals surface area contributed by atoms with Crippen LogP contribution >= 0.6 is 15.9 Å². The Labute approximate surface area is 123 Å². The van der Waals surface area contributed by atoms with Gasteiger partial charge in [-0.3, -0.25) is 4.79 Å². The number of halogens is 3. The van der Waals surface area contributed by atoms with Crippen LogP contribution in [0, 0.1) is 11.6 Å². The number of carbonyl (C=O) groups is 2. The Hall–Kier alpha value is -1.70. The maximum Gasteiger partial charge on any atom is 0.316 e. The Bertz CT molecular complexity index is 500. The van der Waals surface area contributed by atoms with Crippen LogP contribution in [-0.4, -0.2) is 44.0 Å². The van der Waals surface area contributed by atoms with Gasteiger partial charge in [-0.1, -0.05) is 15.9 Å². The Morgan fingerprint density at radius 2 is 1.65 bits per heavy atom. The van der Waals surface area contributed by atoms with E-state index in [1.165, 1.54) is 4.90 Å². The maximum atomic E-state index is 13.5. The van der Waals surface area contributed by atoms with E-state index in [0.717, 1.165) is 12.1 Å². The zero-order valence-corrected chi connectivity index (χ0v) is 12.6. The molecule has 0 fully saturated rings. The summed E-state index contributed by atoms with van der Waals surface area (Å²) in [5.41, 5.74) is -0.646. The van der Waals surface area contributed by atoms with Crippen molar-refractivity contribution in [1.82, 2.24) is 15.5 Å². The van der Waals surface area contributed by atoms with Gasteiger partial charge in [0.15, 0.2) is 0 Å². The predicted molar refractivity (Wildman–Crippen MR) is 73.5 cm³/mol. The van der Waals surface area contributed by atoms with Gasteiger partial charge in [0.05, 0.1) is 0 Å². The van der Waals surface area contributed by atoms with E-state index in [1.54, 1.807) is 14.1 Å². The zero-order chi connectivity index (χ0) is 15.3. The van der Waals surface area contributed by atoms with Gasteiger partial charge in [-0.25, -0.2) is 13.6 Å². The molecule has 20 heavy (non-hydrogen) atoms. The molecule has 0 aliphatic carbocycles. The average molecular weight is 350 g/mol. The minimum Gasteiger partial charge on any atom is -0.350 e. The molecular formula is C12H14BrF2N3O2. The number of nitrogens with zero attached hydrogens (tertiary/aromatic N) is 1. The van der Waals surface area contributed by atoms with Crippen molar-refractivity contribution in [3.63, 3.8) is 0 Å². The minimum absolute atomic E-state index is 0.0629. The second kappa shape index (κ2) is 7.18. The first-order valence-electron chi connectivity index (χ1n) is 5.71. The lowest BCUT2D eigenvalue weighted by Gasteiger charge is -2.12. The van der Waals surface area contributed by atoms with Crippen molar-refractivity contribution in [1.29, 1.82) is 0 Å². The van der Waals surface area contributed by atoms with Gasteiger partial charge >= 0.3 is 6.03 Å². The van der Waals surface area contributed by atoms with Gasteiger partial charge in [-0.2, -0.15) is 0 Å². The van der Waals surface area contributed by atoms with E-state index >= 15 is 0 Å². The highest BCUT2D eigenvalue weighted by atomic mass is 79.9. The topological polar surface area (TPSA) is 61.4 Å². The van der Waals surface area contributed by atoms with Gasteiger partial charge in [0.25, 0.3) is 5.91 Å². The number of hydrogen-bond donors (Lipinski definition) is 2.